The highest BCUT2D eigenvalue weighted by atomic mass is 16.5. The molecule has 1 N–H and O–H groups in total. The van der Waals surface area contributed by atoms with E-state index in [1.54, 1.807) is 55.6 Å². The summed E-state index contributed by atoms with van der Waals surface area (Å²) in [5.74, 6) is 1.69. The van der Waals surface area contributed by atoms with Crippen LogP contribution in [0, 0.1) is 0 Å². The van der Waals surface area contributed by atoms with E-state index in [0.717, 1.165) is 6.42 Å². The van der Waals surface area contributed by atoms with Crippen LogP contribution in [-0.2, 0) is 0 Å². The molecule has 8 heteroatoms. The van der Waals surface area contributed by atoms with Crippen molar-refractivity contribution in [1.82, 2.24) is 15.1 Å². The SMILES string of the molecule is COc1cc(NC(=O)N2CCC(Oc3cccnn3)C2)cc(OC)c1. The van der Waals surface area contributed by atoms with Gasteiger partial charge >= 0.3 is 6.03 Å². The first kappa shape index (κ1) is 16.8. The number of likely N-dealkylation sites (tertiary alicyclic amines) is 1. The molecule has 2 amide bonds. The molecule has 2 heterocycles. The lowest BCUT2D eigenvalue weighted by molar-refractivity contribution is 0.188. The Morgan fingerprint density at radius 2 is 2.00 bits per heavy atom. The fourth-order valence-corrected chi connectivity index (χ4v) is 2.61. The normalized spacial score (nSPS) is 16.4. The Hall–Kier alpha value is -3.03. The largest absolute Gasteiger partial charge is 0.497 e. The zero-order valence-corrected chi connectivity index (χ0v) is 14.1. The highest BCUT2D eigenvalue weighted by Crippen LogP contribution is 2.26. The van der Waals surface area contributed by atoms with Crippen LogP contribution in [0.1, 0.15) is 6.42 Å². The van der Waals surface area contributed by atoms with Crippen molar-refractivity contribution in [1.29, 1.82) is 0 Å². The van der Waals surface area contributed by atoms with Gasteiger partial charge in [0.1, 0.15) is 17.6 Å². The summed E-state index contributed by atoms with van der Waals surface area (Å²) in [6.45, 7) is 1.10. The number of benzene rings is 1. The highest BCUT2D eigenvalue weighted by Gasteiger charge is 2.28. The molecule has 0 spiro atoms. The molecule has 1 fully saturated rings. The van der Waals surface area contributed by atoms with Crippen LogP contribution < -0.4 is 19.5 Å². The van der Waals surface area contributed by atoms with Gasteiger partial charge in [0.25, 0.3) is 0 Å². The number of ether oxygens (including phenoxy) is 3. The van der Waals surface area contributed by atoms with E-state index in [4.69, 9.17) is 14.2 Å². The number of anilines is 1. The van der Waals surface area contributed by atoms with Gasteiger partial charge in [-0.2, -0.15) is 5.10 Å². The number of nitrogens with one attached hydrogen (secondary N) is 1. The first-order valence-corrected chi connectivity index (χ1v) is 7.91. The standard InChI is InChI=1S/C17H20N4O4/c1-23-14-8-12(9-15(10-14)24-2)19-17(22)21-7-5-13(11-21)25-16-4-3-6-18-20-16/h3-4,6,8-10,13H,5,7,11H2,1-2H3,(H,19,22). The minimum absolute atomic E-state index is 0.0951. The third-order valence-electron chi connectivity index (χ3n) is 3.87. The molecule has 1 atom stereocenters. The van der Waals surface area contributed by atoms with Crippen LogP contribution in [0.15, 0.2) is 36.5 Å². The Kier molecular flexibility index (Phi) is 5.17. The van der Waals surface area contributed by atoms with Gasteiger partial charge in [-0.25, -0.2) is 4.79 Å². The number of aromatic nitrogens is 2. The second-order valence-electron chi connectivity index (χ2n) is 5.57. The second-order valence-corrected chi connectivity index (χ2v) is 5.57. The van der Waals surface area contributed by atoms with Gasteiger partial charge in [-0.3, -0.25) is 0 Å². The lowest BCUT2D eigenvalue weighted by Crippen LogP contribution is -2.34. The summed E-state index contributed by atoms with van der Waals surface area (Å²) in [5.41, 5.74) is 0.611. The minimum atomic E-state index is -0.194. The van der Waals surface area contributed by atoms with Crippen LogP contribution in [0.25, 0.3) is 0 Å². The predicted octanol–water partition coefficient (Wildman–Crippen LogP) is 2.18. The summed E-state index contributed by atoms with van der Waals surface area (Å²) in [5, 5.41) is 10.5. The van der Waals surface area contributed by atoms with E-state index in [1.807, 2.05) is 0 Å². The molecule has 25 heavy (non-hydrogen) atoms. The number of nitrogens with zero attached hydrogens (tertiary/aromatic N) is 3. The fourth-order valence-electron chi connectivity index (χ4n) is 2.61. The number of methoxy groups -OCH3 is 2. The average molecular weight is 344 g/mol. The first-order chi connectivity index (χ1) is 12.2. The molecule has 0 radical (unpaired) electrons. The number of urea groups is 1. The Morgan fingerprint density at radius 1 is 1.24 bits per heavy atom. The highest BCUT2D eigenvalue weighted by molar-refractivity contribution is 5.90. The molecule has 8 nitrogen and oxygen atoms in total. The Labute approximate surface area is 145 Å². The molecule has 3 rings (SSSR count). The number of carbonyl (C=O) groups is 1. The van der Waals surface area contributed by atoms with Crippen molar-refractivity contribution in [2.75, 3.05) is 32.6 Å². The maximum absolute atomic E-state index is 12.5. The maximum Gasteiger partial charge on any atom is 0.321 e. The van der Waals surface area contributed by atoms with Crippen LogP contribution in [0.5, 0.6) is 17.4 Å². The smallest absolute Gasteiger partial charge is 0.321 e. The van der Waals surface area contributed by atoms with Gasteiger partial charge in [-0.15, -0.1) is 5.10 Å². The quantitative estimate of drug-likeness (QED) is 0.895. The molecule has 2 aromatic rings. The van der Waals surface area contributed by atoms with E-state index in [1.165, 1.54) is 0 Å². The first-order valence-electron chi connectivity index (χ1n) is 7.91. The van der Waals surface area contributed by atoms with E-state index >= 15 is 0 Å². The fraction of sp³-hybridized carbons (Fsp3) is 0.353. The number of hydrogen-bond donors (Lipinski definition) is 1. The van der Waals surface area contributed by atoms with Crippen LogP contribution >= 0.6 is 0 Å². The molecule has 1 aliphatic rings. The van der Waals surface area contributed by atoms with Gasteiger partial charge in [0.05, 0.1) is 20.8 Å². The molecule has 1 saturated heterocycles. The third-order valence-corrected chi connectivity index (χ3v) is 3.87. The Morgan fingerprint density at radius 3 is 2.64 bits per heavy atom. The van der Waals surface area contributed by atoms with Crippen LogP contribution in [0.2, 0.25) is 0 Å². The number of rotatable bonds is 5. The van der Waals surface area contributed by atoms with Crippen LogP contribution in [-0.4, -0.2) is 54.5 Å². The molecule has 1 aliphatic heterocycles. The zero-order valence-electron chi connectivity index (χ0n) is 14.1. The van der Waals surface area contributed by atoms with Crippen molar-refractivity contribution in [2.45, 2.75) is 12.5 Å². The molecule has 132 valence electrons. The van der Waals surface area contributed by atoms with Gasteiger partial charge < -0.3 is 24.4 Å². The van der Waals surface area contributed by atoms with Gasteiger partial charge in [-0.1, -0.05) is 0 Å². The van der Waals surface area contributed by atoms with Gasteiger partial charge in [0.2, 0.25) is 5.88 Å². The molecule has 0 saturated carbocycles. The molecular formula is C17H20N4O4. The lowest BCUT2D eigenvalue weighted by atomic mass is 10.3. The van der Waals surface area contributed by atoms with E-state index in [2.05, 4.69) is 15.5 Å². The number of hydrogen-bond acceptors (Lipinski definition) is 6. The minimum Gasteiger partial charge on any atom is -0.497 e. The maximum atomic E-state index is 12.5. The van der Waals surface area contributed by atoms with Gasteiger partial charge in [0.15, 0.2) is 0 Å². The van der Waals surface area contributed by atoms with Gasteiger partial charge in [-0.05, 0) is 6.07 Å². The van der Waals surface area contributed by atoms with Crippen molar-refractivity contribution in [3.05, 3.63) is 36.5 Å². The molecule has 0 bridgehead atoms. The monoisotopic (exact) mass is 344 g/mol. The molecule has 0 aliphatic carbocycles. The van der Waals surface area contributed by atoms with Crippen molar-refractivity contribution in [2.24, 2.45) is 0 Å². The Balaban J connectivity index is 1.59. The summed E-state index contributed by atoms with van der Waals surface area (Å²) in [4.78, 5) is 14.2. The van der Waals surface area contributed by atoms with E-state index in [9.17, 15) is 4.79 Å². The van der Waals surface area contributed by atoms with Gasteiger partial charge in [0, 0.05) is 49.1 Å². The molecule has 1 aromatic carbocycles. The average Bonchev–Trinajstić information content (AvgIpc) is 3.10. The summed E-state index contributed by atoms with van der Waals surface area (Å²) in [6, 6.07) is 8.54. The second kappa shape index (κ2) is 7.69. The van der Waals surface area contributed by atoms with Crippen molar-refractivity contribution >= 4 is 11.7 Å². The third kappa shape index (κ3) is 4.28. The lowest BCUT2D eigenvalue weighted by Gasteiger charge is -2.18. The summed E-state index contributed by atoms with van der Waals surface area (Å²) >= 11 is 0. The molecule has 1 unspecified atom stereocenters. The number of amides is 2. The summed E-state index contributed by atoms with van der Waals surface area (Å²) < 4.78 is 16.2. The summed E-state index contributed by atoms with van der Waals surface area (Å²) in [6.07, 6.45) is 2.23. The Bertz CT molecular complexity index is 704. The topological polar surface area (TPSA) is 85.8 Å². The molecule has 1 aromatic heterocycles. The number of carbonyl (C=O) groups excluding carboxylic acids is 1. The summed E-state index contributed by atoms with van der Waals surface area (Å²) in [7, 11) is 3.13. The van der Waals surface area contributed by atoms with Crippen molar-refractivity contribution < 1.29 is 19.0 Å². The molecular weight excluding hydrogens is 324 g/mol. The van der Waals surface area contributed by atoms with E-state index < -0.39 is 0 Å². The van der Waals surface area contributed by atoms with Crippen LogP contribution in [0.4, 0.5) is 10.5 Å². The van der Waals surface area contributed by atoms with Crippen molar-refractivity contribution in [3.63, 3.8) is 0 Å². The van der Waals surface area contributed by atoms with Crippen molar-refractivity contribution in [3.8, 4) is 17.4 Å². The predicted molar refractivity (Wildman–Crippen MR) is 91.2 cm³/mol. The van der Waals surface area contributed by atoms with Crippen LogP contribution in [0.3, 0.4) is 0 Å². The van der Waals surface area contributed by atoms with E-state index in [-0.39, 0.29) is 12.1 Å². The van der Waals surface area contributed by atoms with E-state index in [0.29, 0.717) is 36.2 Å². The zero-order chi connectivity index (χ0) is 17.6.